The Hall–Kier alpha value is -4.13. The molecule has 0 spiro atoms. The zero-order chi connectivity index (χ0) is 37.8. The highest BCUT2D eigenvalue weighted by atomic mass is 16.6. The highest BCUT2D eigenvalue weighted by Crippen LogP contribution is 2.58. The minimum absolute atomic E-state index is 0.00608. The summed E-state index contributed by atoms with van der Waals surface area (Å²) in [4.78, 5) is 41.7. The van der Waals surface area contributed by atoms with E-state index < -0.39 is 28.6 Å². The molecule has 4 aliphatic rings. The molecular weight excluding hydrogens is 661 g/mol. The molecule has 7 heteroatoms. The summed E-state index contributed by atoms with van der Waals surface area (Å²) in [7, 11) is 0. The third-order valence-electron chi connectivity index (χ3n) is 13.7. The quantitative estimate of drug-likeness (QED) is 0.237. The molecule has 3 aromatic rings. The first-order chi connectivity index (χ1) is 25.0. The van der Waals surface area contributed by atoms with Crippen molar-refractivity contribution < 1.29 is 23.9 Å². The van der Waals surface area contributed by atoms with Crippen LogP contribution in [0, 0.1) is 17.3 Å². The minimum atomic E-state index is -0.790. The van der Waals surface area contributed by atoms with E-state index in [1.165, 1.54) is 22.3 Å². The summed E-state index contributed by atoms with van der Waals surface area (Å²) in [6.07, 6.45) is 8.45. The lowest BCUT2D eigenvalue weighted by Crippen LogP contribution is -2.63. The van der Waals surface area contributed by atoms with Gasteiger partial charge in [-0.25, -0.2) is 4.79 Å². The van der Waals surface area contributed by atoms with Crippen molar-refractivity contribution in [1.82, 2.24) is 5.32 Å². The van der Waals surface area contributed by atoms with Gasteiger partial charge in [-0.15, -0.1) is 0 Å². The maximum Gasteiger partial charge on any atom is 0.412 e. The highest BCUT2D eigenvalue weighted by Gasteiger charge is 2.58. The number of fused-ring (bicyclic) bond motifs is 6. The van der Waals surface area contributed by atoms with E-state index in [0.29, 0.717) is 18.7 Å². The van der Waals surface area contributed by atoms with E-state index in [2.05, 4.69) is 73.9 Å². The van der Waals surface area contributed by atoms with Crippen molar-refractivity contribution in [3.05, 3.63) is 94.5 Å². The standard InChI is InChI=1S/C46H58N2O5/c1-42(2,3)53-41(51)47-33-19-15-31-17-21-37-43(4,35(31)27-33)23-11-25-45(37,6)39(49)40(50)48-46(7)26-12-24-44(5)36-28-34(20-16-32(36)18-22-38(44)46)52-29-30-13-9-8-10-14-30/h8-10,13-16,19-20,27-28,37-38H,11-12,17-18,21-26,29H2,1-7H3,(H,47,51)(H,48,50)/t37-,38-,43-,44-,45+,46+/m1/s1. The van der Waals surface area contributed by atoms with Crippen LogP contribution in [0.15, 0.2) is 66.7 Å². The Morgan fingerprint density at radius 1 is 0.755 bits per heavy atom. The van der Waals surface area contributed by atoms with Crippen LogP contribution in [-0.2, 0) is 44.6 Å². The van der Waals surface area contributed by atoms with E-state index in [9.17, 15) is 14.4 Å². The van der Waals surface area contributed by atoms with E-state index in [-0.39, 0.29) is 28.4 Å². The van der Waals surface area contributed by atoms with Crippen LogP contribution in [0.5, 0.6) is 5.75 Å². The van der Waals surface area contributed by atoms with Gasteiger partial charge < -0.3 is 14.8 Å². The zero-order valence-electron chi connectivity index (χ0n) is 32.8. The molecule has 3 aromatic carbocycles. The number of hydrogen-bond acceptors (Lipinski definition) is 5. The van der Waals surface area contributed by atoms with Crippen molar-refractivity contribution in [3.8, 4) is 5.75 Å². The van der Waals surface area contributed by atoms with Gasteiger partial charge in [-0.2, -0.15) is 0 Å². The fraction of sp³-hybridized carbons (Fsp3) is 0.543. The molecule has 0 aliphatic heterocycles. The number of anilines is 1. The highest BCUT2D eigenvalue weighted by molar-refractivity contribution is 6.38. The summed E-state index contributed by atoms with van der Waals surface area (Å²) >= 11 is 0. The van der Waals surface area contributed by atoms with E-state index in [1.54, 1.807) is 0 Å². The van der Waals surface area contributed by atoms with Gasteiger partial charge in [0.15, 0.2) is 0 Å². The number of benzene rings is 3. The van der Waals surface area contributed by atoms with Crippen molar-refractivity contribution in [2.45, 2.75) is 141 Å². The van der Waals surface area contributed by atoms with Gasteiger partial charge in [-0.05, 0) is 154 Å². The normalized spacial score (nSPS) is 30.4. The number of amides is 2. The monoisotopic (exact) mass is 718 g/mol. The molecular formula is C46H58N2O5. The second kappa shape index (κ2) is 13.6. The molecule has 2 fully saturated rings. The predicted molar refractivity (Wildman–Crippen MR) is 209 cm³/mol. The zero-order valence-corrected chi connectivity index (χ0v) is 32.8. The van der Waals surface area contributed by atoms with E-state index in [0.717, 1.165) is 69.1 Å². The Morgan fingerprint density at radius 2 is 1.38 bits per heavy atom. The average molecular weight is 719 g/mol. The average Bonchev–Trinajstić information content (AvgIpc) is 3.10. The van der Waals surface area contributed by atoms with Crippen molar-refractivity contribution in [2.24, 2.45) is 17.3 Å². The predicted octanol–water partition coefficient (Wildman–Crippen LogP) is 9.77. The van der Waals surface area contributed by atoms with Crippen LogP contribution < -0.4 is 15.4 Å². The maximum atomic E-state index is 14.7. The third-order valence-corrected chi connectivity index (χ3v) is 13.7. The number of nitrogens with one attached hydrogen (secondary N) is 2. The Labute approximate surface area is 316 Å². The topological polar surface area (TPSA) is 93.7 Å². The summed E-state index contributed by atoms with van der Waals surface area (Å²) in [6.45, 7) is 14.9. The minimum Gasteiger partial charge on any atom is -0.489 e. The largest absolute Gasteiger partial charge is 0.489 e. The lowest BCUT2D eigenvalue weighted by molar-refractivity contribution is -0.151. The summed E-state index contributed by atoms with van der Waals surface area (Å²) in [5, 5.41) is 6.35. The van der Waals surface area contributed by atoms with E-state index in [4.69, 9.17) is 9.47 Å². The van der Waals surface area contributed by atoms with Gasteiger partial charge in [0.2, 0.25) is 5.78 Å². The Morgan fingerprint density at radius 3 is 2.08 bits per heavy atom. The first-order valence-electron chi connectivity index (χ1n) is 19.8. The number of ketones is 1. The van der Waals surface area contributed by atoms with Gasteiger partial charge in [0.05, 0.1) is 0 Å². The Kier molecular flexibility index (Phi) is 9.56. The molecule has 0 bridgehead atoms. The van der Waals surface area contributed by atoms with Crippen LogP contribution in [-0.4, -0.2) is 28.9 Å². The molecule has 0 aromatic heterocycles. The van der Waals surface area contributed by atoms with Crippen LogP contribution in [0.1, 0.15) is 128 Å². The number of carbonyl (C=O) groups is 3. The van der Waals surface area contributed by atoms with Crippen molar-refractivity contribution in [2.75, 3.05) is 5.32 Å². The fourth-order valence-electron chi connectivity index (χ4n) is 11.2. The molecule has 0 heterocycles. The molecule has 0 unspecified atom stereocenters. The molecule has 282 valence electrons. The molecule has 2 amide bonds. The van der Waals surface area contributed by atoms with Gasteiger partial charge >= 0.3 is 6.09 Å². The number of ether oxygens (including phenoxy) is 2. The first kappa shape index (κ1) is 37.2. The second-order valence-electron chi connectivity index (χ2n) is 18.4. The van der Waals surface area contributed by atoms with Gasteiger partial charge in [-0.1, -0.05) is 76.1 Å². The number of carbonyl (C=O) groups excluding carboxylic acids is 3. The molecule has 53 heavy (non-hydrogen) atoms. The smallest absolute Gasteiger partial charge is 0.412 e. The van der Waals surface area contributed by atoms with Crippen LogP contribution in [0.25, 0.3) is 0 Å². The summed E-state index contributed by atoms with van der Waals surface area (Å²) in [6, 6.07) is 22.9. The van der Waals surface area contributed by atoms with E-state index >= 15 is 0 Å². The molecule has 6 atom stereocenters. The van der Waals surface area contributed by atoms with Gasteiger partial charge in [0, 0.05) is 16.6 Å². The van der Waals surface area contributed by atoms with Crippen LogP contribution in [0.3, 0.4) is 0 Å². The molecule has 0 radical (unpaired) electrons. The number of hydrogen-bond donors (Lipinski definition) is 2. The van der Waals surface area contributed by atoms with Gasteiger partial charge in [0.1, 0.15) is 18.0 Å². The number of Topliss-reactive ketones (excluding diaryl/α,β-unsaturated/α-hetero) is 1. The van der Waals surface area contributed by atoms with Crippen LogP contribution >= 0.6 is 0 Å². The van der Waals surface area contributed by atoms with Crippen molar-refractivity contribution >= 4 is 23.5 Å². The molecule has 7 rings (SSSR count). The van der Waals surface area contributed by atoms with Crippen molar-refractivity contribution in [3.63, 3.8) is 0 Å². The van der Waals surface area contributed by atoms with Crippen LogP contribution in [0.2, 0.25) is 0 Å². The molecule has 7 nitrogen and oxygen atoms in total. The third kappa shape index (κ3) is 6.89. The summed E-state index contributed by atoms with van der Waals surface area (Å²) in [5.41, 5.74) is 4.58. The second-order valence-corrected chi connectivity index (χ2v) is 18.4. The van der Waals surface area contributed by atoms with Crippen molar-refractivity contribution in [1.29, 1.82) is 0 Å². The van der Waals surface area contributed by atoms with Gasteiger partial charge in [-0.3, -0.25) is 14.9 Å². The summed E-state index contributed by atoms with van der Waals surface area (Å²) in [5.74, 6) is 0.364. The Balaban J connectivity index is 1.10. The van der Waals surface area contributed by atoms with E-state index in [1.807, 2.05) is 52.0 Å². The number of aryl methyl sites for hydroxylation is 2. The Bertz CT molecular complexity index is 1900. The lowest BCUT2D eigenvalue weighted by atomic mass is 9.48. The SMILES string of the molecule is CC(C)(C)OC(=O)Nc1ccc2c(c1)[C@@]1(C)CCC[C@](C)(C(=O)C(=O)N[C@@]3(C)CCC[C@]4(C)c5cc(OCc6ccccc6)ccc5CC[C@@H]34)[C@@H]1CC2. The first-order valence-corrected chi connectivity index (χ1v) is 19.8. The molecule has 0 saturated heterocycles. The maximum absolute atomic E-state index is 14.7. The molecule has 2 N–H and O–H groups in total. The van der Waals surface area contributed by atoms with Crippen LogP contribution in [0.4, 0.5) is 10.5 Å². The number of rotatable bonds is 7. The summed E-state index contributed by atoms with van der Waals surface area (Å²) < 4.78 is 11.8. The fourth-order valence-corrected chi connectivity index (χ4v) is 11.2. The molecule has 4 aliphatic carbocycles. The molecule has 2 saturated carbocycles. The lowest BCUT2D eigenvalue weighted by Gasteiger charge is -2.56. The van der Waals surface area contributed by atoms with Gasteiger partial charge in [0.25, 0.3) is 5.91 Å².